The minimum atomic E-state index is -0.465. The van der Waals surface area contributed by atoms with Gasteiger partial charge in [0, 0.05) is 25.1 Å². The van der Waals surface area contributed by atoms with Gasteiger partial charge in [-0.15, -0.1) is 0 Å². The lowest BCUT2D eigenvalue weighted by Gasteiger charge is -2.24. The third-order valence-electron chi connectivity index (χ3n) is 4.01. The maximum absolute atomic E-state index is 12.7. The maximum atomic E-state index is 12.7. The second-order valence-corrected chi connectivity index (χ2v) is 5.36. The van der Waals surface area contributed by atoms with E-state index in [0.717, 1.165) is 18.4 Å². The average Bonchev–Trinajstić information content (AvgIpc) is 3.11. The van der Waals surface area contributed by atoms with Crippen molar-refractivity contribution in [1.82, 2.24) is 14.9 Å². The van der Waals surface area contributed by atoms with Crippen molar-refractivity contribution in [2.45, 2.75) is 18.9 Å². The molecule has 23 heavy (non-hydrogen) atoms. The number of amides is 1. The lowest BCUT2D eigenvalue weighted by atomic mass is 10.1. The Morgan fingerprint density at radius 2 is 2.00 bits per heavy atom. The smallest absolute Gasteiger partial charge is 0.339 e. The number of carbonyl (C=O) groups is 2. The Morgan fingerprint density at radius 3 is 2.65 bits per heavy atom. The third-order valence-corrected chi connectivity index (χ3v) is 4.01. The van der Waals surface area contributed by atoms with Crippen molar-refractivity contribution in [3.63, 3.8) is 0 Å². The zero-order valence-corrected chi connectivity index (χ0v) is 12.8. The van der Waals surface area contributed by atoms with E-state index in [2.05, 4.69) is 14.7 Å². The molecule has 6 heteroatoms. The largest absolute Gasteiger partial charge is 0.465 e. The normalized spacial score (nSPS) is 17.1. The number of likely N-dealkylation sites (tertiary alicyclic amines) is 1. The first-order valence-corrected chi connectivity index (χ1v) is 7.46. The summed E-state index contributed by atoms with van der Waals surface area (Å²) in [6.45, 7) is 0.701. The fourth-order valence-corrected chi connectivity index (χ4v) is 2.85. The molecule has 0 spiro atoms. The molecule has 1 amide bonds. The minimum Gasteiger partial charge on any atom is -0.465 e. The van der Waals surface area contributed by atoms with Crippen LogP contribution in [0.3, 0.4) is 0 Å². The Kier molecular flexibility index (Phi) is 4.32. The van der Waals surface area contributed by atoms with Crippen LogP contribution < -0.4 is 0 Å². The first kappa shape index (κ1) is 15.1. The molecular weight excluding hydrogens is 294 g/mol. The van der Waals surface area contributed by atoms with Crippen molar-refractivity contribution in [2.24, 2.45) is 0 Å². The van der Waals surface area contributed by atoms with Gasteiger partial charge in [0.05, 0.1) is 18.7 Å². The Labute approximate surface area is 134 Å². The molecule has 1 aliphatic rings. The van der Waals surface area contributed by atoms with Crippen molar-refractivity contribution < 1.29 is 14.3 Å². The number of hydrogen-bond acceptors (Lipinski definition) is 5. The van der Waals surface area contributed by atoms with Crippen LogP contribution in [0.25, 0.3) is 0 Å². The van der Waals surface area contributed by atoms with E-state index in [4.69, 9.17) is 0 Å². The summed E-state index contributed by atoms with van der Waals surface area (Å²) < 4.78 is 4.63. The maximum Gasteiger partial charge on any atom is 0.339 e. The van der Waals surface area contributed by atoms with Gasteiger partial charge in [0.25, 0.3) is 5.91 Å². The van der Waals surface area contributed by atoms with Gasteiger partial charge in [0.2, 0.25) is 0 Å². The van der Waals surface area contributed by atoms with Gasteiger partial charge in [0.15, 0.2) is 0 Å². The van der Waals surface area contributed by atoms with Crippen LogP contribution in [0.4, 0.5) is 0 Å². The fraction of sp³-hybridized carbons (Fsp3) is 0.294. The van der Waals surface area contributed by atoms with Gasteiger partial charge in [-0.2, -0.15) is 0 Å². The van der Waals surface area contributed by atoms with Crippen molar-refractivity contribution >= 4 is 11.9 Å². The van der Waals surface area contributed by atoms with Gasteiger partial charge < -0.3 is 9.64 Å². The molecule has 1 aliphatic heterocycles. The highest BCUT2D eigenvalue weighted by Crippen LogP contribution is 2.32. The first-order valence-electron chi connectivity index (χ1n) is 7.46. The van der Waals surface area contributed by atoms with Crippen molar-refractivity contribution in [1.29, 1.82) is 0 Å². The van der Waals surface area contributed by atoms with Crippen molar-refractivity contribution in [3.05, 3.63) is 59.7 Å². The molecule has 3 heterocycles. The highest BCUT2D eigenvalue weighted by atomic mass is 16.5. The SMILES string of the molecule is COC(=O)c1ccc(C(=O)N2CCCC2c2ccncc2)nc1. The Bertz CT molecular complexity index is 701. The molecule has 0 aromatic carbocycles. The van der Waals surface area contributed by atoms with Crippen LogP contribution in [0.1, 0.15) is 45.3 Å². The Balaban J connectivity index is 1.80. The summed E-state index contributed by atoms with van der Waals surface area (Å²) in [5, 5.41) is 0. The van der Waals surface area contributed by atoms with E-state index in [1.54, 1.807) is 24.5 Å². The number of esters is 1. The molecular formula is C17H17N3O3. The first-order chi connectivity index (χ1) is 11.2. The zero-order chi connectivity index (χ0) is 16.2. The zero-order valence-electron chi connectivity index (χ0n) is 12.8. The fourth-order valence-electron chi connectivity index (χ4n) is 2.85. The van der Waals surface area contributed by atoms with E-state index in [0.29, 0.717) is 17.8 Å². The molecule has 0 N–H and O–H groups in total. The van der Waals surface area contributed by atoms with E-state index >= 15 is 0 Å². The van der Waals surface area contributed by atoms with E-state index in [1.807, 2.05) is 17.0 Å². The summed E-state index contributed by atoms with van der Waals surface area (Å²) in [5.74, 6) is -0.590. The number of rotatable bonds is 3. The summed E-state index contributed by atoms with van der Waals surface area (Å²) in [6, 6.07) is 7.04. The molecule has 118 valence electrons. The lowest BCUT2D eigenvalue weighted by molar-refractivity contribution is 0.0598. The number of methoxy groups -OCH3 is 1. The molecule has 6 nitrogen and oxygen atoms in total. The summed E-state index contributed by atoms with van der Waals surface area (Å²) in [4.78, 5) is 34.1. The minimum absolute atomic E-state index is 0.0487. The average molecular weight is 311 g/mol. The van der Waals surface area contributed by atoms with Crippen molar-refractivity contribution in [2.75, 3.05) is 13.7 Å². The highest BCUT2D eigenvalue weighted by Gasteiger charge is 2.31. The van der Waals surface area contributed by atoms with Crippen LogP contribution in [0.5, 0.6) is 0 Å². The quantitative estimate of drug-likeness (QED) is 0.813. The number of pyridine rings is 2. The van der Waals surface area contributed by atoms with E-state index in [-0.39, 0.29) is 11.9 Å². The van der Waals surface area contributed by atoms with E-state index in [1.165, 1.54) is 13.3 Å². The van der Waals surface area contributed by atoms with Gasteiger partial charge in [0.1, 0.15) is 5.69 Å². The van der Waals surface area contributed by atoms with Gasteiger partial charge in [-0.05, 0) is 42.7 Å². The lowest BCUT2D eigenvalue weighted by Crippen LogP contribution is -2.31. The molecule has 0 radical (unpaired) electrons. The third kappa shape index (κ3) is 3.06. The van der Waals surface area contributed by atoms with Crippen LogP contribution in [-0.4, -0.2) is 40.4 Å². The number of hydrogen-bond donors (Lipinski definition) is 0. The molecule has 0 aliphatic carbocycles. The molecule has 0 bridgehead atoms. The van der Waals surface area contributed by atoms with Crippen LogP contribution in [0.2, 0.25) is 0 Å². The number of carbonyl (C=O) groups excluding carboxylic acids is 2. The second-order valence-electron chi connectivity index (χ2n) is 5.36. The molecule has 3 rings (SSSR count). The van der Waals surface area contributed by atoms with Gasteiger partial charge >= 0.3 is 5.97 Å². The predicted octanol–water partition coefficient (Wildman–Crippen LogP) is 2.24. The van der Waals surface area contributed by atoms with Crippen LogP contribution in [0, 0.1) is 0 Å². The highest BCUT2D eigenvalue weighted by molar-refractivity contribution is 5.94. The predicted molar refractivity (Wildman–Crippen MR) is 82.8 cm³/mol. The molecule has 2 aromatic heterocycles. The molecule has 1 unspecified atom stereocenters. The number of nitrogens with zero attached hydrogens (tertiary/aromatic N) is 3. The van der Waals surface area contributed by atoms with E-state index < -0.39 is 5.97 Å². The Morgan fingerprint density at radius 1 is 1.22 bits per heavy atom. The molecule has 2 aromatic rings. The van der Waals surface area contributed by atoms with Crippen molar-refractivity contribution in [3.8, 4) is 0 Å². The summed E-state index contributed by atoms with van der Waals surface area (Å²) >= 11 is 0. The second kappa shape index (κ2) is 6.56. The molecule has 1 saturated heterocycles. The van der Waals surface area contributed by atoms with Gasteiger partial charge in [-0.25, -0.2) is 4.79 Å². The summed E-state index contributed by atoms with van der Waals surface area (Å²) in [7, 11) is 1.31. The van der Waals surface area contributed by atoms with Crippen LogP contribution in [0.15, 0.2) is 42.9 Å². The molecule has 1 fully saturated rings. The standard InChI is InChI=1S/C17H17N3O3/c1-23-17(22)13-4-5-14(19-11-13)16(21)20-10-2-3-15(20)12-6-8-18-9-7-12/h4-9,11,15H,2-3,10H2,1H3. The number of aromatic nitrogens is 2. The van der Waals surface area contributed by atoms with Crippen LogP contribution in [-0.2, 0) is 4.74 Å². The monoisotopic (exact) mass is 311 g/mol. The molecule has 1 atom stereocenters. The van der Waals surface area contributed by atoms with Gasteiger partial charge in [-0.3, -0.25) is 14.8 Å². The molecule has 0 saturated carbocycles. The summed E-state index contributed by atoms with van der Waals surface area (Å²) in [6.07, 6.45) is 6.73. The van der Waals surface area contributed by atoms with Gasteiger partial charge in [-0.1, -0.05) is 0 Å². The number of ether oxygens (including phenoxy) is 1. The van der Waals surface area contributed by atoms with Crippen LogP contribution >= 0.6 is 0 Å². The summed E-state index contributed by atoms with van der Waals surface area (Å²) in [5.41, 5.74) is 1.74. The topological polar surface area (TPSA) is 72.4 Å². The Hall–Kier alpha value is -2.76. The van der Waals surface area contributed by atoms with E-state index in [9.17, 15) is 9.59 Å².